The van der Waals surface area contributed by atoms with Crippen molar-refractivity contribution < 1.29 is 4.74 Å². The Morgan fingerprint density at radius 3 is 2.94 bits per heavy atom. The fourth-order valence-electron chi connectivity index (χ4n) is 1.81. The number of benzene rings is 1. The van der Waals surface area contributed by atoms with E-state index in [4.69, 9.17) is 4.74 Å². The molecule has 2 aromatic rings. The van der Waals surface area contributed by atoms with Crippen molar-refractivity contribution in [3.63, 3.8) is 0 Å². The number of rotatable bonds is 6. The van der Waals surface area contributed by atoms with Crippen molar-refractivity contribution in [2.24, 2.45) is 0 Å². The Morgan fingerprint density at radius 1 is 1.33 bits per heavy atom. The van der Waals surface area contributed by atoms with Gasteiger partial charge in [0.1, 0.15) is 5.75 Å². The molecule has 0 aliphatic rings. The molecule has 2 N–H and O–H groups in total. The number of H-pyrrole nitrogens is 1. The lowest BCUT2D eigenvalue weighted by Gasteiger charge is -2.07. The third-order valence-corrected chi connectivity index (χ3v) is 2.79. The molecule has 0 aliphatic heterocycles. The molecule has 1 aromatic carbocycles. The quantitative estimate of drug-likeness (QED) is 0.821. The van der Waals surface area contributed by atoms with Crippen LogP contribution in [0.25, 0.3) is 0 Å². The summed E-state index contributed by atoms with van der Waals surface area (Å²) in [6.07, 6.45) is 1.86. The number of hydrogen-bond acceptors (Lipinski definition) is 3. The highest BCUT2D eigenvalue weighted by molar-refractivity contribution is 5.28. The molecule has 4 heteroatoms. The maximum Gasteiger partial charge on any atom is 0.119 e. The van der Waals surface area contributed by atoms with Crippen LogP contribution in [-0.4, -0.2) is 16.8 Å². The van der Waals surface area contributed by atoms with Crippen LogP contribution in [0.15, 0.2) is 30.5 Å². The average molecular weight is 245 g/mol. The first kappa shape index (κ1) is 12.6. The van der Waals surface area contributed by atoms with Crippen molar-refractivity contribution in [3.05, 3.63) is 47.3 Å². The average Bonchev–Trinajstić information content (AvgIpc) is 2.76. The van der Waals surface area contributed by atoms with Crippen LogP contribution in [0.5, 0.6) is 5.75 Å². The standard InChI is InChI=1S/C14H19N3O/c1-3-18-14-6-4-5-12(7-14)8-15-9-13-10-16-17-11(13)2/h4-7,10,15H,3,8-9H2,1-2H3,(H,16,17). The number of nitrogens with zero attached hydrogens (tertiary/aromatic N) is 1. The summed E-state index contributed by atoms with van der Waals surface area (Å²) in [5, 5.41) is 10.3. The minimum Gasteiger partial charge on any atom is -0.494 e. The van der Waals surface area contributed by atoms with E-state index >= 15 is 0 Å². The van der Waals surface area contributed by atoms with E-state index in [1.807, 2.05) is 32.2 Å². The predicted octanol–water partition coefficient (Wildman–Crippen LogP) is 2.41. The monoisotopic (exact) mass is 245 g/mol. The Bertz CT molecular complexity index is 493. The van der Waals surface area contributed by atoms with Gasteiger partial charge in [0.2, 0.25) is 0 Å². The van der Waals surface area contributed by atoms with Gasteiger partial charge in [0.25, 0.3) is 0 Å². The minimum absolute atomic E-state index is 0.700. The van der Waals surface area contributed by atoms with E-state index in [1.165, 1.54) is 11.1 Å². The Kier molecular flexibility index (Phi) is 4.36. The van der Waals surface area contributed by atoms with E-state index in [1.54, 1.807) is 0 Å². The van der Waals surface area contributed by atoms with Gasteiger partial charge >= 0.3 is 0 Å². The van der Waals surface area contributed by atoms with Gasteiger partial charge in [-0.2, -0.15) is 5.10 Å². The molecule has 0 bridgehead atoms. The van der Waals surface area contributed by atoms with Gasteiger partial charge in [-0.1, -0.05) is 12.1 Å². The summed E-state index contributed by atoms with van der Waals surface area (Å²) in [5.41, 5.74) is 3.55. The summed E-state index contributed by atoms with van der Waals surface area (Å²) in [7, 11) is 0. The molecule has 0 unspecified atom stereocenters. The lowest BCUT2D eigenvalue weighted by molar-refractivity contribution is 0.340. The molecule has 0 atom stereocenters. The van der Waals surface area contributed by atoms with Gasteiger partial charge in [-0.15, -0.1) is 0 Å². The molecule has 2 rings (SSSR count). The van der Waals surface area contributed by atoms with Crippen molar-refractivity contribution in [2.75, 3.05) is 6.61 Å². The van der Waals surface area contributed by atoms with E-state index in [0.29, 0.717) is 6.61 Å². The normalized spacial score (nSPS) is 10.6. The molecule has 96 valence electrons. The second-order valence-electron chi connectivity index (χ2n) is 4.20. The number of aromatic nitrogens is 2. The molecule has 0 saturated carbocycles. The zero-order chi connectivity index (χ0) is 12.8. The summed E-state index contributed by atoms with van der Waals surface area (Å²) in [4.78, 5) is 0. The highest BCUT2D eigenvalue weighted by Crippen LogP contribution is 2.13. The second kappa shape index (κ2) is 6.21. The molecule has 0 fully saturated rings. The molecule has 1 aromatic heterocycles. The molecule has 18 heavy (non-hydrogen) atoms. The zero-order valence-electron chi connectivity index (χ0n) is 10.9. The van der Waals surface area contributed by atoms with Gasteiger partial charge in [-0.05, 0) is 31.5 Å². The Labute approximate surface area is 107 Å². The summed E-state index contributed by atoms with van der Waals surface area (Å²) >= 11 is 0. The van der Waals surface area contributed by atoms with Crippen LogP contribution in [0.1, 0.15) is 23.7 Å². The Hall–Kier alpha value is -1.81. The van der Waals surface area contributed by atoms with Gasteiger partial charge in [-0.25, -0.2) is 0 Å². The van der Waals surface area contributed by atoms with Crippen LogP contribution < -0.4 is 10.1 Å². The smallest absolute Gasteiger partial charge is 0.119 e. The molecular formula is C14H19N3O. The summed E-state index contributed by atoms with van der Waals surface area (Å²) < 4.78 is 5.48. The molecule has 1 heterocycles. The van der Waals surface area contributed by atoms with Crippen molar-refractivity contribution in [3.8, 4) is 5.75 Å². The first-order valence-electron chi connectivity index (χ1n) is 6.21. The summed E-state index contributed by atoms with van der Waals surface area (Å²) in [6.45, 7) is 6.37. The first-order valence-corrected chi connectivity index (χ1v) is 6.21. The molecule has 0 amide bonds. The maximum atomic E-state index is 5.48. The van der Waals surface area contributed by atoms with E-state index in [9.17, 15) is 0 Å². The molecular weight excluding hydrogens is 226 g/mol. The SMILES string of the molecule is CCOc1cccc(CNCc2cn[nH]c2C)c1. The third-order valence-electron chi connectivity index (χ3n) is 2.79. The van der Waals surface area contributed by atoms with Crippen molar-refractivity contribution in [2.45, 2.75) is 26.9 Å². The Balaban J connectivity index is 1.86. The summed E-state index contributed by atoms with van der Waals surface area (Å²) in [5.74, 6) is 0.927. The number of aryl methyl sites for hydroxylation is 1. The van der Waals surface area contributed by atoms with Crippen LogP contribution in [0.3, 0.4) is 0 Å². The first-order chi connectivity index (χ1) is 8.79. The van der Waals surface area contributed by atoms with Crippen LogP contribution in [0.4, 0.5) is 0 Å². The van der Waals surface area contributed by atoms with E-state index in [-0.39, 0.29) is 0 Å². The topological polar surface area (TPSA) is 49.9 Å². The van der Waals surface area contributed by atoms with Crippen LogP contribution in [0.2, 0.25) is 0 Å². The van der Waals surface area contributed by atoms with Gasteiger partial charge < -0.3 is 10.1 Å². The second-order valence-corrected chi connectivity index (χ2v) is 4.20. The molecule has 0 radical (unpaired) electrons. The lowest BCUT2D eigenvalue weighted by Crippen LogP contribution is -2.13. The van der Waals surface area contributed by atoms with E-state index in [2.05, 4.69) is 27.6 Å². The Morgan fingerprint density at radius 2 is 2.22 bits per heavy atom. The van der Waals surface area contributed by atoms with Gasteiger partial charge in [0.15, 0.2) is 0 Å². The van der Waals surface area contributed by atoms with E-state index in [0.717, 1.165) is 24.5 Å². The zero-order valence-corrected chi connectivity index (χ0v) is 10.9. The minimum atomic E-state index is 0.700. The lowest BCUT2D eigenvalue weighted by atomic mass is 10.2. The number of nitrogens with one attached hydrogen (secondary N) is 2. The number of ether oxygens (including phenoxy) is 1. The van der Waals surface area contributed by atoms with Crippen LogP contribution >= 0.6 is 0 Å². The van der Waals surface area contributed by atoms with Crippen LogP contribution in [0, 0.1) is 6.92 Å². The van der Waals surface area contributed by atoms with E-state index < -0.39 is 0 Å². The fourth-order valence-corrected chi connectivity index (χ4v) is 1.81. The van der Waals surface area contributed by atoms with Crippen molar-refractivity contribution >= 4 is 0 Å². The number of aromatic amines is 1. The van der Waals surface area contributed by atoms with Gasteiger partial charge in [0, 0.05) is 24.3 Å². The molecule has 0 spiro atoms. The third kappa shape index (κ3) is 3.34. The highest BCUT2D eigenvalue weighted by atomic mass is 16.5. The largest absolute Gasteiger partial charge is 0.494 e. The molecule has 0 aliphatic carbocycles. The van der Waals surface area contributed by atoms with Crippen LogP contribution in [-0.2, 0) is 13.1 Å². The maximum absolute atomic E-state index is 5.48. The van der Waals surface area contributed by atoms with Gasteiger partial charge in [0.05, 0.1) is 12.8 Å². The summed E-state index contributed by atoms with van der Waals surface area (Å²) in [6, 6.07) is 8.16. The molecule has 0 saturated heterocycles. The van der Waals surface area contributed by atoms with Crippen molar-refractivity contribution in [1.29, 1.82) is 0 Å². The molecule has 4 nitrogen and oxygen atoms in total. The number of hydrogen-bond donors (Lipinski definition) is 2. The fraction of sp³-hybridized carbons (Fsp3) is 0.357. The highest BCUT2D eigenvalue weighted by Gasteiger charge is 2.00. The van der Waals surface area contributed by atoms with Gasteiger partial charge in [-0.3, -0.25) is 5.10 Å². The van der Waals surface area contributed by atoms with Crippen molar-refractivity contribution in [1.82, 2.24) is 15.5 Å². The predicted molar refractivity (Wildman–Crippen MR) is 71.5 cm³/mol.